The largest absolute Gasteiger partial charge is 0.492 e. The van der Waals surface area contributed by atoms with Gasteiger partial charge in [-0.1, -0.05) is 60.1 Å². The van der Waals surface area contributed by atoms with Crippen molar-refractivity contribution in [3.05, 3.63) is 64.1 Å². The monoisotopic (exact) mass is 428 g/mol. The van der Waals surface area contributed by atoms with E-state index in [-0.39, 0.29) is 5.91 Å². The molecule has 0 atom stereocenters. The number of carbonyl (C=O) groups excluding carboxylic acids is 1. The highest BCUT2D eigenvalue weighted by Gasteiger charge is 2.20. The van der Waals surface area contributed by atoms with Gasteiger partial charge in [0, 0.05) is 17.6 Å². The zero-order valence-electron chi connectivity index (χ0n) is 15.8. The van der Waals surface area contributed by atoms with E-state index >= 15 is 0 Å². The van der Waals surface area contributed by atoms with Crippen LogP contribution in [0.15, 0.2) is 53.0 Å². The molecule has 2 aromatic carbocycles. The normalized spacial score (nSPS) is 10.5. The van der Waals surface area contributed by atoms with Gasteiger partial charge < -0.3 is 9.64 Å². The maximum absolute atomic E-state index is 13.2. The molecule has 0 saturated heterocycles. The smallest absolute Gasteiger partial charge is 0.257 e. The Balaban J connectivity index is 2.20. The lowest BCUT2D eigenvalue weighted by molar-refractivity contribution is 0.0755. The first-order valence-corrected chi connectivity index (χ1v) is 9.93. The molecule has 27 heavy (non-hydrogen) atoms. The van der Waals surface area contributed by atoms with Gasteiger partial charge in [-0.25, -0.2) is 0 Å². The molecule has 0 bridgehead atoms. The maximum Gasteiger partial charge on any atom is 0.257 e. The predicted octanol–water partition coefficient (Wildman–Crippen LogP) is 5.08. The van der Waals surface area contributed by atoms with Crippen molar-refractivity contribution in [2.45, 2.75) is 26.7 Å². The Morgan fingerprint density at radius 3 is 2.59 bits per heavy atom. The molecule has 0 spiro atoms. The summed E-state index contributed by atoms with van der Waals surface area (Å²) in [5.74, 6) is 0.837. The van der Waals surface area contributed by atoms with Crippen molar-refractivity contribution in [1.29, 1.82) is 5.26 Å². The summed E-state index contributed by atoms with van der Waals surface area (Å²) in [4.78, 5) is 14.9. The first-order valence-electron chi connectivity index (χ1n) is 9.13. The van der Waals surface area contributed by atoms with Gasteiger partial charge in [-0.2, -0.15) is 5.26 Å². The van der Waals surface area contributed by atoms with Gasteiger partial charge in [0.15, 0.2) is 0 Å². The summed E-state index contributed by atoms with van der Waals surface area (Å²) in [6.45, 7) is 5.64. The molecule has 0 aromatic heterocycles. The SMILES string of the molecule is CC(C)COc1ccc(Br)cc1C(=O)N(CCC#N)CCc1ccccc1. The van der Waals surface area contributed by atoms with Crippen molar-refractivity contribution in [3.63, 3.8) is 0 Å². The zero-order valence-corrected chi connectivity index (χ0v) is 17.4. The number of hydrogen-bond donors (Lipinski definition) is 0. The summed E-state index contributed by atoms with van der Waals surface area (Å²) in [7, 11) is 0. The van der Waals surface area contributed by atoms with Crippen molar-refractivity contribution >= 4 is 21.8 Å². The van der Waals surface area contributed by atoms with Crippen molar-refractivity contribution < 1.29 is 9.53 Å². The van der Waals surface area contributed by atoms with Crippen LogP contribution in [0.5, 0.6) is 5.75 Å². The van der Waals surface area contributed by atoms with Crippen LogP contribution in [0.3, 0.4) is 0 Å². The summed E-state index contributed by atoms with van der Waals surface area (Å²) < 4.78 is 6.68. The van der Waals surface area contributed by atoms with Crippen molar-refractivity contribution in [3.8, 4) is 11.8 Å². The van der Waals surface area contributed by atoms with E-state index in [2.05, 4.69) is 35.8 Å². The number of rotatable bonds is 9. The summed E-state index contributed by atoms with van der Waals surface area (Å²) in [5, 5.41) is 8.98. The Morgan fingerprint density at radius 1 is 1.19 bits per heavy atom. The van der Waals surface area contributed by atoms with Gasteiger partial charge in [-0.15, -0.1) is 0 Å². The van der Waals surface area contributed by atoms with E-state index in [0.717, 1.165) is 16.5 Å². The van der Waals surface area contributed by atoms with Crippen LogP contribution in [0.4, 0.5) is 0 Å². The second-order valence-electron chi connectivity index (χ2n) is 6.78. The lowest BCUT2D eigenvalue weighted by Crippen LogP contribution is -2.34. The second-order valence-corrected chi connectivity index (χ2v) is 7.70. The van der Waals surface area contributed by atoms with Crippen LogP contribution < -0.4 is 4.74 Å². The van der Waals surface area contributed by atoms with Gasteiger partial charge in [-0.3, -0.25) is 4.79 Å². The molecule has 4 nitrogen and oxygen atoms in total. The minimum absolute atomic E-state index is 0.110. The third-order valence-electron chi connectivity index (χ3n) is 4.04. The number of nitrogens with zero attached hydrogens (tertiary/aromatic N) is 2. The van der Waals surface area contributed by atoms with Crippen molar-refractivity contribution in [1.82, 2.24) is 4.90 Å². The Kier molecular flexibility index (Phi) is 8.35. The fourth-order valence-corrected chi connectivity index (χ4v) is 2.99. The van der Waals surface area contributed by atoms with E-state index in [4.69, 9.17) is 10.00 Å². The van der Waals surface area contributed by atoms with Crippen LogP contribution in [0.1, 0.15) is 36.2 Å². The summed E-state index contributed by atoms with van der Waals surface area (Å²) in [5.41, 5.74) is 1.69. The van der Waals surface area contributed by atoms with E-state index < -0.39 is 0 Å². The van der Waals surface area contributed by atoms with E-state index in [1.54, 1.807) is 11.0 Å². The minimum Gasteiger partial charge on any atom is -0.492 e. The molecular formula is C22H25BrN2O2. The predicted molar refractivity (Wildman–Crippen MR) is 111 cm³/mol. The summed E-state index contributed by atoms with van der Waals surface area (Å²) in [6.07, 6.45) is 1.05. The Labute approximate surface area is 169 Å². The molecule has 2 aromatic rings. The number of carbonyl (C=O) groups is 1. The van der Waals surface area contributed by atoms with Crippen molar-refractivity contribution in [2.24, 2.45) is 5.92 Å². The van der Waals surface area contributed by atoms with Gasteiger partial charge in [0.05, 0.1) is 24.7 Å². The number of hydrogen-bond acceptors (Lipinski definition) is 3. The van der Waals surface area contributed by atoms with E-state index in [9.17, 15) is 4.79 Å². The summed E-state index contributed by atoms with van der Waals surface area (Å²) >= 11 is 3.44. The molecule has 0 heterocycles. The van der Waals surface area contributed by atoms with Gasteiger partial charge in [0.1, 0.15) is 5.75 Å². The molecule has 0 N–H and O–H groups in total. The molecule has 1 amide bonds. The quantitative estimate of drug-likeness (QED) is 0.559. The highest BCUT2D eigenvalue weighted by Crippen LogP contribution is 2.25. The minimum atomic E-state index is -0.110. The molecule has 0 fully saturated rings. The fraction of sp³-hybridized carbons (Fsp3) is 0.364. The molecular weight excluding hydrogens is 404 g/mol. The van der Waals surface area contributed by atoms with Crippen LogP contribution >= 0.6 is 15.9 Å². The highest BCUT2D eigenvalue weighted by molar-refractivity contribution is 9.10. The van der Waals surface area contributed by atoms with Crippen LogP contribution in [0.2, 0.25) is 0 Å². The van der Waals surface area contributed by atoms with Crippen LogP contribution in [0.25, 0.3) is 0 Å². The van der Waals surface area contributed by atoms with Gasteiger partial charge in [0.2, 0.25) is 0 Å². The fourth-order valence-electron chi connectivity index (χ4n) is 2.63. The molecule has 5 heteroatoms. The molecule has 0 saturated carbocycles. The summed E-state index contributed by atoms with van der Waals surface area (Å²) in [6, 6.07) is 17.7. The molecule has 0 unspecified atom stereocenters. The van der Waals surface area contributed by atoms with Gasteiger partial charge >= 0.3 is 0 Å². The molecule has 0 aliphatic carbocycles. The number of amides is 1. The molecule has 0 aliphatic rings. The second kappa shape index (κ2) is 10.7. The third kappa shape index (κ3) is 6.73. The maximum atomic E-state index is 13.2. The van der Waals surface area contributed by atoms with E-state index in [0.29, 0.717) is 43.3 Å². The first kappa shape index (κ1) is 21.0. The molecule has 0 radical (unpaired) electrons. The van der Waals surface area contributed by atoms with Crippen LogP contribution in [-0.4, -0.2) is 30.5 Å². The topological polar surface area (TPSA) is 53.3 Å². The van der Waals surface area contributed by atoms with Crippen LogP contribution in [0, 0.1) is 17.2 Å². The Morgan fingerprint density at radius 2 is 1.93 bits per heavy atom. The number of halogens is 1. The van der Waals surface area contributed by atoms with Crippen LogP contribution in [-0.2, 0) is 6.42 Å². The lowest BCUT2D eigenvalue weighted by atomic mass is 10.1. The number of ether oxygens (including phenoxy) is 1. The van der Waals surface area contributed by atoms with E-state index in [1.807, 2.05) is 42.5 Å². The van der Waals surface area contributed by atoms with E-state index in [1.165, 1.54) is 0 Å². The van der Waals surface area contributed by atoms with Crippen molar-refractivity contribution in [2.75, 3.05) is 19.7 Å². The number of benzene rings is 2. The van der Waals surface area contributed by atoms with Gasteiger partial charge in [0.25, 0.3) is 5.91 Å². The number of nitriles is 1. The Hall–Kier alpha value is -2.32. The molecule has 0 aliphatic heterocycles. The first-order chi connectivity index (χ1) is 13.0. The lowest BCUT2D eigenvalue weighted by Gasteiger charge is -2.23. The average molecular weight is 429 g/mol. The third-order valence-corrected chi connectivity index (χ3v) is 4.53. The Bertz CT molecular complexity index is 785. The highest BCUT2D eigenvalue weighted by atomic mass is 79.9. The standard InChI is InChI=1S/C22H25BrN2O2/c1-17(2)16-27-21-10-9-19(23)15-20(21)22(26)25(13-6-12-24)14-11-18-7-4-3-5-8-18/h3-5,7-10,15,17H,6,11,13-14,16H2,1-2H3. The molecule has 142 valence electrons. The zero-order chi connectivity index (χ0) is 19.6. The van der Waals surface area contributed by atoms with Gasteiger partial charge in [-0.05, 0) is 36.1 Å². The average Bonchev–Trinajstić information content (AvgIpc) is 2.67. The molecule has 2 rings (SSSR count).